The van der Waals surface area contributed by atoms with Gasteiger partial charge in [-0.1, -0.05) is 48.5 Å². The van der Waals surface area contributed by atoms with Gasteiger partial charge < -0.3 is 10.1 Å². The van der Waals surface area contributed by atoms with Crippen molar-refractivity contribution in [2.24, 2.45) is 5.92 Å². The molecule has 3 aromatic carbocycles. The summed E-state index contributed by atoms with van der Waals surface area (Å²) in [5, 5.41) is 3.09. The molecule has 0 aliphatic heterocycles. The number of carbonyl (C=O) groups is 1. The van der Waals surface area contributed by atoms with Gasteiger partial charge in [-0.2, -0.15) is 0 Å². The van der Waals surface area contributed by atoms with Crippen LogP contribution >= 0.6 is 0 Å². The highest BCUT2D eigenvalue weighted by Gasteiger charge is 2.42. The fourth-order valence-electron chi connectivity index (χ4n) is 5.43. The lowest BCUT2D eigenvalue weighted by atomic mass is 9.59. The van der Waals surface area contributed by atoms with Gasteiger partial charge in [-0.05, 0) is 58.9 Å². The molecule has 0 radical (unpaired) electrons. The third-order valence-corrected chi connectivity index (χ3v) is 8.45. The first-order chi connectivity index (χ1) is 16.5. The van der Waals surface area contributed by atoms with Crippen LogP contribution < -0.4 is 10.0 Å². The minimum atomic E-state index is -3.63. The molecule has 3 aliphatic rings. The maximum atomic E-state index is 12.9. The van der Waals surface area contributed by atoms with Gasteiger partial charge >= 0.3 is 0 Å². The Morgan fingerprint density at radius 1 is 0.912 bits per heavy atom. The van der Waals surface area contributed by atoms with Crippen LogP contribution in [0.1, 0.15) is 50.9 Å². The van der Waals surface area contributed by atoms with E-state index < -0.39 is 10.0 Å². The second-order valence-corrected chi connectivity index (χ2v) is 10.7. The molecule has 6 nitrogen and oxygen atoms in total. The van der Waals surface area contributed by atoms with Crippen molar-refractivity contribution in [3.63, 3.8) is 0 Å². The Labute approximate surface area is 200 Å². The maximum Gasteiger partial charge on any atom is 0.251 e. The molecule has 0 heterocycles. The van der Waals surface area contributed by atoms with Crippen molar-refractivity contribution in [1.82, 2.24) is 10.0 Å². The van der Waals surface area contributed by atoms with Crippen LogP contribution in [0, 0.1) is 5.92 Å². The second-order valence-electron chi connectivity index (χ2n) is 8.91. The number of carbonyl (C=O) groups excluding carboxylic acids is 1. The molecular formula is C27H28N2O4S. The van der Waals surface area contributed by atoms with Gasteiger partial charge in [-0.25, -0.2) is 13.1 Å². The van der Waals surface area contributed by atoms with Crippen LogP contribution in [-0.2, 0) is 14.8 Å². The smallest absolute Gasteiger partial charge is 0.251 e. The van der Waals surface area contributed by atoms with E-state index in [-0.39, 0.29) is 29.9 Å². The van der Waals surface area contributed by atoms with Crippen LogP contribution in [0.5, 0.6) is 0 Å². The molecule has 0 saturated heterocycles. The summed E-state index contributed by atoms with van der Waals surface area (Å²) in [7, 11) is -2.12. The molecule has 7 heteroatoms. The standard InChI is InChI=1S/C27H28N2O4S/c1-33-15-14-29-34(31,32)20-12-10-18(11-13-20)27(30)28-17-19-16-25-21-6-2-4-8-23(21)26(19)24-9-5-3-7-22(24)25/h2-13,19,25-26,29H,14-17H2,1H3,(H,28,30). The Morgan fingerprint density at radius 2 is 1.50 bits per heavy atom. The van der Waals surface area contributed by atoms with Crippen molar-refractivity contribution in [3.8, 4) is 0 Å². The lowest BCUT2D eigenvalue weighted by molar-refractivity contribution is 0.0943. The first-order valence-electron chi connectivity index (χ1n) is 11.5. The van der Waals surface area contributed by atoms with Crippen molar-refractivity contribution < 1.29 is 17.9 Å². The summed E-state index contributed by atoms with van der Waals surface area (Å²) < 4.78 is 32.0. The lowest BCUT2D eigenvalue weighted by Crippen LogP contribution is -2.39. The van der Waals surface area contributed by atoms with Crippen LogP contribution in [0.25, 0.3) is 0 Å². The van der Waals surface area contributed by atoms with Gasteiger partial charge in [0.25, 0.3) is 5.91 Å². The normalized spacial score (nSPS) is 20.4. The molecule has 3 aromatic rings. The molecule has 1 atom stereocenters. The average molecular weight is 477 g/mol. The van der Waals surface area contributed by atoms with Crippen LogP contribution in [0.2, 0.25) is 0 Å². The number of nitrogens with one attached hydrogen (secondary N) is 2. The van der Waals surface area contributed by atoms with Crippen molar-refractivity contribution in [3.05, 3.63) is 101 Å². The number of amides is 1. The summed E-state index contributed by atoms with van der Waals surface area (Å²) in [5.74, 6) is 0.737. The Morgan fingerprint density at radius 3 is 2.09 bits per heavy atom. The van der Waals surface area contributed by atoms with E-state index in [1.165, 1.54) is 41.5 Å². The summed E-state index contributed by atoms with van der Waals surface area (Å²) >= 11 is 0. The molecule has 0 aromatic heterocycles. The van der Waals surface area contributed by atoms with E-state index in [0.717, 1.165) is 6.42 Å². The van der Waals surface area contributed by atoms with Crippen molar-refractivity contribution >= 4 is 15.9 Å². The summed E-state index contributed by atoms with van der Waals surface area (Å²) in [6.07, 6.45) is 1.00. The summed E-state index contributed by atoms with van der Waals surface area (Å²) in [6.45, 7) is 1.05. The highest BCUT2D eigenvalue weighted by atomic mass is 32.2. The quantitative estimate of drug-likeness (QED) is 0.486. The van der Waals surface area contributed by atoms with Crippen molar-refractivity contribution in [2.75, 3.05) is 26.8 Å². The fourth-order valence-corrected chi connectivity index (χ4v) is 6.45. The van der Waals surface area contributed by atoms with Crippen LogP contribution in [-0.4, -0.2) is 41.1 Å². The molecule has 0 fully saturated rings. The molecule has 34 heavy (non-hydrogen) atoms. The van der Waals surface area contributed by atoms with Crippen LogP contribution in [0.15, 0.2) is 77.7 Å². The summed E-state index contributed by atoms with van der Waals surface area (Å²) in [5.41, 5.74) is 5.99. The molecular weight excluding hydrogens is 448 g/mol. The Balaban J connectivity index is 1.28. The maximum absolute atomic E-state index is 12.9. The third kappa shape index (κ3) is 4.15. The zero-order valence-electron chi connectivity index (χ0n) is 19.0. The lowest BCUT2D eigenvalue weighted by Gasteiger charge is -2.45. The zero-order chi connectivity index (χ0) is 23.7. The Kier molecular flexibility index (Phi) is 6.25. The number of hydrogen-bond acceptors (Lipinski definition) is 4. The highest BCUT2D eigenvalue weighted by molar-refractivity contribution is 7.89. The number of sulfonamides is 1. The number of ether oxygens (including phenoxy) is 1. The molecule has 1 amide bonds. The second kappa shape index (κ2) is 9.33. The van der Waals surface area contributed by atoms with E-state index in [1.54, 1.807) is 12.1 Å². The van der Waals surface area contributed by atoms with Crippen molar-refractivity contribution in [2.45, 2.75) is 23.2 Å². The Hall–Kier alpha value is -3.00. The molecule has 0 saturated carbocycles. The van der Waals surface area contributed by atoms with Gasteiger partial charge in [0.05, 0.1) is 11.5 Å². The molecule has 3 aliphatic carbocycles. The average Bonchev–Trinajstić information content (AvgIpc) is 2.87. The number of benzene rings is 3. The number of methoxy groups -OCH3 is 1. The fraction of sp³-hybridized carbons (Fsp3) is 0.296. The van der Waals surface area contributed by atoms with E-state index >= 15 is 0 Å². The van der Waals surface area contributed by atoms with E-state index in [4.69, 9.17) is 4.74 Å². The first-order valence-corrected chi connectivity index (χ1v) is 13.0. The number of rotatable bonds is 8. The molecule has 0 spiro atoms. The van der Waals surface area contributed by atoms with E-state index in [2.05, 4.69) is 58.6 Å². The molecule has 2 bridgehead atoms. The number of fused-ring (bicyclic) bond motifs is 1. The SMILES string of the molecule is COCCNS(=O)(=O)c1ccc(C(=O)NCC2CC3c4ccccc4C2c2ccccc23)cc1. The largest absolute Gasteiger partial charge is 0.383 e. The van der Waals surface area contributed by atoms with Gasteiger partial charge in [-0.15, -0.1) is 0 Å². The topological polar surface area (TPSA) is 84.5 Å². The monoisotopic (exact) mass is 476 g/mol. The summed E-state index contributed by atoms with van der Waals surface area (Å²) in [4.78, 5) is 13.0. The van der Waals surface area contributed by atoms with E-state index in [9.17, 15) is 13.2 Å². The zero-order valence-corrected chi connectivity index (χ0v) is 19.8. The molecule has 2 N–H and O–H groups in total. The predicted octanol–water partition coefficient (Wildman–Crippen LogP) is 3.64. The van der Waals surface area contributed by atoms with E-state index in [1.807, 2.05) is 0 Å². The van der Waals surface area contributed by atoms with Gasteiger partial charge in [0.2, 0.25) is 10.0 Å². The van der Waals surface area contributed by atoms with Gasteiger partial charge in [0, 0.05) is 37.6 Å². The number of hydrogen-bond donors (Lipinski definition) is 2. The van der Waals surface area contributed by atoms with Crippen LogP contribution in [0.3, 0.4) is 0 Å². The van der Waals surface area contributed by atoms with Gasteiger partial charge in [0.1, 0.15) is 0 Å². The van der Waals surface area contributed by atoms with Gasteiger partial charge in [-0.3, -0.25) is 4.79 Å². The molecule has 176 valence electrons. The third-order valence-electron chi connectivity index (χ3n) is 6.97. The Bertz CT molecular complexity index is 1260. The molecule has 1 unspecified atom stereocenters. The molecule has 6 rings (SSSR count). The summed E-state index contributed by atoms with van der Waals surface area (Å²) in [6, 6.07) is 23.3. The first kappa shape index (κ1) is 22.8. The van der Waals surface area contributed by atoms with Gasteiger partial charge in [0.15, 0.2) is 0 Å². The van der Waals surface area contributed by atoms with Crippen LogP contribution in [0.4, 0.5) is 0 Å². The van der Waals surface area contributed by atoms with E-state index in [0.29, 0.717) is 23.9 Å². The minimum absolute atomic E-state index is 0.123. The van der Waals surface area contributed by atoms with Crippen molar-refractivity contribution in [1.29, 1.82) is 0 Å². The minimum Gasteiger partial charge on any atom is -0.383 e. The predicted molar refractivity (Wildman–Crippen MR) is 131 cm³/mol. The highest BCUT2D eigenvalue weighted by Crippen LogP contribution is 2.55.